The van der Waals surface area contributed by atoms with Crippen LogP contribution in [0.25, 0.3) is 0 Å². The largest absolute Gasteiger partial charge is 0.494 e. The molecule has 1 unspecified atom stereocenters. The van der Waals surface area contributed by atoms with Gasteiger partial charge in [0, 0.05) is 31.3 Å². The van der Waals surface area contributed by atoms with Crippen molar-refractivity contribution in [2.24, 2.45) is 0 Å². The van der Waals surface area contributed by atoms with Crippen molar-refractivity contribution in [3.63, 3.8) is 0 Å². The SMILES string of the molecule is C#CCC(CC(=O)OCC)NS(=O)(=O)c1cccc(OCCCCNc2ccccn2)c1. The van der Waals surface area contributed by atoms with Crippen LogP contribution in [0.4, 0.5) is 5.82 Å². The Morgan fingerprint density at radius 1 is 1.22 bits per heavy atom. The monoisotopic (exact) mass is 459 g/mol. The van der Waals surface area contributed by atoms with E-state index < -0.39 is 22.0 Å². The molecule has 1 heterocycles. The lowest BCUT2D eigenvalue weighted by Gasteiger charge is -2.16. The summed E-state index contributed by atoms with van der Waals surface area (Å²) in [4.78, 5) is 16.0. The van der Waals surface area contributed by atoms with E-state index in [0.717, 1.165) is 25.2 Å². The Bertz CT molecular complexity index is 990. The van der Waals surface area contributed by atoms with E-state index in [4.69, 9.17) is 15.9 Å². The van der Waals surface area contributed by atoms with Gasteiger partial charge in [-0.1, -0.05) is 12.1 Å². The predicted octanol–water partition coefficient (Wildman–Crippen LogP) is 2.98. The molecule has 0 aliphatic rings. The Morgan fingerprint density at radius 2 is 2.06 bits per heavy atom. The fraction of sp³-hybridized carbons (Fsp3) is 0.391. The quantitative estimate of drug-likeness (QED) is 0.254. The minimum absolute atomic E-state index is 0.0395. The molecular formula is C23H29N3O5S. The van der Waals surface area contributed by atoms with Gasteiger partial charge in [-0.2, -0.15) is 0 Å². The molecule has 2 rings (SSSR count). The Kier molecular flexibility index (Phi) is 10.5. The van der Waals surface area contributed by atoms with Gasteiger partial charge in [-0.25, -0.2) is 18.1 Å². The number of hydrogen-bond donors (Lipinski definition) is 2. The first-order valence-electron chi connectivity index (χ1n) is 10.4. The van der Waals surface area contributed by atoms with Crippen LogP contribution in [0.3, 0.4) is 0 Å². The summed E-state index contributed by atoms with van der Waals surface area (Å²) in [6.07, 6.45) is 8.64. The average Bonchev–Trinajstić information content (AvgIpc) is 2.77. The summed E-state index contributed by atoms with van der Waals surface area (Å²) in [5.41, 5.74) is 0. The number of rotatable bonds is 14. The smallest absolute Gasteiger partial charge is 0.307 e. The molecule has 1 aromatic heterocycles. The highest BCUT2D eigenvalue weighted by Crippen LogP contribution is 2.19. The van der Waals surface area contributed by atoms with Crippen molar-refractivity contribution in [2.75, 3.05) is 25.1 Å². The van der Waals surface area contributed by atoms with Crippen LogP contribution < -0.4 is 14.8 Å². The van der Waals surface area contributed by atoms with Gasteiger partial charge in [0.05, 0.1) is 24.5 Å². The number of nitrogens with one attached hydrogen (secondary N) is 2. The molecule has 0 aliphatic heterocycles. The molecule has 2 aromatic rings. The van der Waals surface area contributed by atoms with Crippen LogP contribution >= 0.6 is 0 Å². The third-order valence-corrected chi connectivity index (χ3v) is 5.85. The molecule has 0 fully saturated rings. The van der Waals surface area contributed by atoms with Crippen molar-refractivity contribution in [3.05, 3.63) is 48.7 Å². The summed E-state index contributed by atoms with van der Waals surface area (Å²) in [5.74, 6) is 3.15. The van der Waals surface area contributed by atoms with Gasteiger partial charge in [0.15, 0.2) is 0 Å². The highest BCUT2D eigenvalue weighted by atomic mass is 32.2. The van der Waals surface area contributed by atoms with Crippen LogP contribution in [0.1, 0.15) is 32.6 Å². The maximum absolute atomic E-state index is 12.8. The van der Waals surface area contributed by atoms with Gasteiger partial charge in [-0.15, -0.1) is 12.3 Å². The summed E-state index contributed by atoms with van der Waals surface area (Å²) >= 11 is 0. The maximum Gasteiger partial charge on any atom is 0.307 e. The van der Waals surface area contributed by atoms with Crippen molar-refractivity contribution in [1.82, 2.24) is 9.71 Å². The zero-order valence-corrected chi connectivity index (χ0v) is 18.9. The molecule has 0 saturated carbocycles. The molecule has 0 spiro atoms. The van der Waals surface area contributed by atoms with E-state index in [0.29, 0.717) is 12.4 Å². The van der Waals surface area contributed by atoms with E-state index >= 15 is 0 Å². The van der Waals surface area contributed by atoms with Crippen molar-refractivity contribution in [1.29, 1.82) is 0 Å². The summed E-state index contributed by atoms with van der Waals surface area (Å²) in [7, 11) is -3.88. The van der Waals surface area contributed by atoms with Crippen LogP contribution in [-0.2, 0) is 19.6 Å². The average molecular weight is 460 g/mol. The molecule has 1 atom stereocenters. The van der Waals surface area contributed by atoms with Crippen molar-refractivity contribution in [3.8, 4) is 18.1 Å². The normalized spacial score (nSPS) is 11.9. The van der Waals surface area contributed by atoms with E-state index in [-0.39, 0.29) is 24.3 Å². The zero-order chi connectivity index (χ0) is 23.2. The number of sulfonamides is 1. The molecule has 32 heavy (non-hydrogen) atoms. The first-order chi connectivity index (χ1) is 15.4. The van der Waals surface area contributed by atoms with E-state index in [9.17, 15) is 13.2 Å². The highest BCUT2D eigenvalue weighted by Gasteiger charge is 2.22. The molecule has 0 aliphatic carbocycles. The number of unbranched alkanes of at least 4 members (excludes halogenated alkanes) is 1. The lowest BCUT2D eigenvalue weighted by molar-refractivity contribution is -0.143. The van der Waals surface area contributed by atoms with E-state index in [1.807, 2.05) is 18.2 Å². The number of terminal acetylenes is 1. The molecule has 2 N–H and O–H groups in total. The van der Waals surface area contributed by atoms with Crippen LogP contribution in [0.5, 0.6) is 5.75 Å². The second kappa shape index (κ2) is 13.3. The molecule has 0 saturated heterocycles. The number of benzene rings is 1. The topological polar surface area (TPSA) is 107 Å². The van der Waals surface area contributed by atoms with Crippen molar-refractivity contribution < 1.29 is 22.7 Å². The number of nitrogens with zero attached hydrogens (tertiary/aromatic N) is 1. The van der Waals surface area contributed by atoms with Gasteiger partial charge in [-0.05, 0) is 44.0 Å². The second-order valence-corrected chi connectivity index (χ2v) is 8.62. The fourth-order valence-electron chi connectivity index (χ4n) is 2.84. The number of ether oxygens (including phenoxy) is 2. The third-order valence-electron chi connectivity index (χ3n) is 4.33. The number of hydrogen-bond acceptors (Lipinski definition) is 7. The predicted molar refractivity (Wildman–Crippen MR) is 123 cm³/mol. The molecule has 1 aromatic carbocycles. The number of esters is 1. The van der Waals surface area contributed by atoms with Gasteiger partial charge in [0.2, 0.25) is 10.0 Å². The number of carbonyl (C=O) groups excluding carboxylic acids is 1. The number of carbonyl (C=O) groups is 1. The van der Waals surface area contributed by atoms with Gasteiger partial charge in [0.25, 0.3) is 0 Å². The number of pyridine rings is 1. The maximum atomic E-state index is 12.8. The Labute approximate surface area is 189 Å². The summed E-state index contributed by atoms with van der Waals surface area (Å²) < 4.78 is 38.6. The fourth-order valence-corrected chi connectivity index (χ4v) is 4.11. The number of aromatic nitrogens is 1. The lowest BCUT2D eigenvalue weighted by atomic mass is 10.1. The first kappa shape index (κ1) is 25.2. The molecular weight excluding hydrogens is 430 g/mol. The van der Waals surface area contributed by atoms with Crippen molar-refractivity contribution >= 4 is 21.8 Å². The van der Waals surface area contributed by atoms with Gasteiger partial charge in [-0.3, -0.25) is 4.79 Å². The van der Waals surface area contributed by atoms with Crippen LogP contribution in [0, 0.1) is 12.3 Å². The zero-order valence-electron chi connectivity index (χ0n) is 18.1. The molecule has 172 valence electrons. The minimum Gasteiger partial charge on any atom is -0.494 e. The molecule has 0 bridgehead atoms. The summed E-state index contributed by atoms with van der Waals surface area (Å²) in [6.45, 7) is 3.10. The van der Waals surface area contributed by atoms with Crippen molar-refractivity contribution in [2.45, 2.75) is 43.5 Å². The third kappa shape index (κ3) is 8.96. The Hall–Kier alpha value is -3.09. The van der Waals surface area contributed by atoms with Crippen LogP contribution in [-0.4, -0.2) is 45.2 Å². The molecule has 8 nitrogen and oxygen atoms in total. The second-order valence-electron chi connectivity index (χ2n) is 6.91. The van der Waals surface area contributed by atoms with E-state index in [2.05, 4.69) is 20.9 Å². The van der Waals surface area contributed by atoms with E-state index in [1.165, 1.54) is 12.1 Å². The highest BCUT2D eigenvalue weighted by molar-refractivity contribution is 7.89. The first-order valence-corrected chi connectivity index (χ1v) is 11.9. The minimum atomic E-state index is -3.88. The summed E-state index contributed by atoms with van der Waals surface area (Å²) in [5, 5.41) is 3.22. The van der Waals surface area contributed by atoms with E-state index in [1.54, 1.807) is 25.3 Å². The molecule has 9 heteroatoms. The van der Waals surface area contributed by atoms with Gasteiger partial charge in [0.1, 0.15) is 11.6 Å². The summed E-state index contributed by atoms with van der Waals surface area (Å²) in [6, 6.07) is 11.1. The lowest BCUT2D eigenvalue weighted by Crippen LogP contribution is -2.36. The van der Waals surface area contributed by atoms with Crippen LogP contribution in [0.2, 0.25) is 0 Å². The molecule has 0 radical (unpaired) electrons. The van der Waals surface area contributed by atoms with Gasteiger partial charge < -0.3 is 14.8 Å². The Balaban J connectivity index is 1.85. The standard InChI is InChI=1S/C23H29N3O5S/c1-3-10-19(17-23(27)30-4-2)26-32(28,29)21-12-9-11-20(18-21)31-16-8-7-15-25-22-13-5-6-14-24-22/h1,5-6,9,11-14,18-19,26H,4,7-8,10,15-17H2,2H3,(H,24,25). The van der Waals surface area contributed by atoms with Gasteiger partial charge >= 0.3 is 5.97 Å². The Morgan fingerprint density at radius 3 is 2.78 bits per heavy atom. The van der Waals surface area contributed by atoms with Crippen LogP contribution in [0.15, 0.2) is 53.6 Å². The number of anilines is 1. The molecule has 0 amide bonds.